The maximum absolute atomic E-state index is 11.2. The van der Waals surface area contributed by atoms with Gasteiger partial charge in [0.1, 0.15) is 0 Å². The molecule has 7 heteroatoms. The average Bonchev–Trinajstić information content (AvgIpc) is 2.28. The van der Waals surface area contributed by atoms with Crippen molar-refractivity contribution >= 4 is 22.4 Å². The number of rotatable bonds is 6. The van der Waals surface area contributed by atoms with Crippen LogP contribution >= 0.6 is 12.4 Å². The Hall–Kier alpha value is -0.660. The Morgan fingerprint density at radius 1 is 1.32 bits per heavy atom. The van der Waals surface area contributed by atoms with Crippen molar-refractivity contribution in [2.75, 3.05) is 19.8 Å². The van der Waals surface area contributed by atoms with Gasteiger partial charge < -0.3 is 10.8 Å². The molecule has 1 aromatic rings. The first-order chi connectivity index (χ1) is 8.30. The summed E-state index contributed by atoms with van der Waals surface area (Å²) in [4.78, 5) is 0. The second-order valence-electron chi connectivity index (χ2n) is 4.46. The largest absolute Gasteiger partial charge is 0.390 e. The molecular formula is C12H21ClN2O3S. The number of nitrogens with two attached hydrogens (primary N) is 1. The molecule has 3 N–H and O–H groups in total. The lowest BCUT2D eigenvalue weighted by molar-refractivity contribution is 0.125. The summed E-state index contributed by atoms with van der Waals surface area (Å²) in [6.07, 6.45) is 0.729. The number of halogens is 1. The topological polar surface area (TPSA) is 83.6 Å². The Morgan fingerprint density at radius 2 is 1.84 bits per heavy atom. The summed E-state index contributed by atoms with van der Waals surface area (Å²) >= 11 is 0. The molecule has 0 saturated heterocycles. The minimum absolute atomic E-state index is 0. The van der Waals surface area contributed by atoms with Crippen molar-refractivity contribution in [3.63, 3.8) is 0 Å². The smallest absolute Gasteiger partial charge is 0.211 e. The van der Waals surface area contributed by atoms with E-state index in [1.165, 1.54) is 7.05 Å². The van der Waals surface area contributed by atoms with Crippen molar-refractivity contribution in [3.05, 3.63) is 35.9 Å². The van der Waals surface area contributed by atoms with Gasteiger partial charge in [-0.3, -0.25) is 0 Å². The lowest BCUT2D eigenvalue weighted by Gasteiger charge is -2.23. The maximum atomic E-state index is 11.2. The molecule has 0 fully saturated rings. The minimum atomic E-state index is -3.29. The molecule has 1 rings (SSSR count). The number of aliphatic hydroxyl groups excluding tert-OH is 1. The Bertz CT molecular complexity index is 467. The molecule has 0 unspecified atom stereocenters. The van der Waals surface area contributed by atoms with Crippen molar-refractivity contribution in [1.29, 1.82) is 0 Å². The second-order valence-corrected chi connectivity index (χ2v) is 6.55. The number of nitrogens with zero attached hydrogens (tertiary/aromatic N) is 1. The van der Waals surface area contributed by atoms with E-state index < -0.39 is 22.2 Å². The summed E-state index contributed by atoms with van der Waals surface area (Å²) < 4.78 is 23.5. The highest BCUT2D eigenvalue weighted by molar-refractivity contribution is 7.88. The molecule has 0 bridgehead atoms. The Labute approximate surface area is 120 Å². The molecule has 0 amide bonds. The van der Waals surface area contributed by atoms with Gasteiger partial charge in [0, 0.05) is 19.6 Å². The summed E-state index contributed by atoms with van der Waals surface area (Å²) in [5, 5.41) is 9.88. The maximum Gasteiger partial charge on any atom is 0.211 e. The van der Waals surface area contributed by atoms with Crippen LogP contribution in [0.2, 0.25) is 0 Å². The number of sulfonamides is 1. The molecule has 0 aliphatic rings. The zero-order chi connectivity index (χ0) is 13.8. The van der Waals surface area contributed by atoms with E-state index in [4.69, 9.17) is 5.73 Å². The third-order valence-corrected chi connectivity index (χ3v) is 4.10. The summed E-state index contributed by atoms with van der Waals surface area (Å²) in [6, 6.07) is 9.06. The number of aliphatic hydroxyl groups is 1. The number of hydrogen-bond acceptors (Lipinski definition) is 4. The van der Waals surface area contributed by atoms with Gasteiger partial charge in [0.25, 0.3) is 0 Å². The molecule has 0 spiro atoms. The van der Waals surface area contributed by atoms with E-state index in [2.05, 4.69) is 0 Å². The number of hydrogen-bond donors (Lipinski definition) is 2. The first kappa shape index (κ1) is 18.3. The predicted octanol–water partition coefficient (Wildman–Crippen LogP) is 0.231. The molecule has 0 aliphatic heterocycles. The van der Waals surface area contributed by atoms with E-state index in [1.807, 2.05) is 30.3 Å². The van der Waals surface area contributed by atoms with Gasteiger partial charge >= 0.3 is 0 Å². The van der Waals surface area contributed by atoms with E-state index in [0.717, 1.165) is 16.1 Å². The molecule has 0 saturated carbocycles. The second kappa shape index (κ2) is 7.81. The normalized spacial score (nSPS) is 14.8. The molecular weight excluding hydrogens is 288 g/mol. The number of benzene rings is 1. The van der Waals surface area contributed by atoms with Crippen LogP contribution in [0.15, 0.2) is 30.3 Å². The number of likely N-dealkylation sites (N-methyl/N-ethyl adjacent to an activating group) is 1. The molecule has 19 heavy (non-hydrogen) atoms. The van der Waals surface area contributed by atoms with Crippen molar-refractivity contribution in [3.8, 4) is 0 Å². The van der Waals surface area contributed by atoms with E-state index in [0.29, 0.717) is 6.42 Å². The van der Waals surface area contributed by atoms with Gasteiger partial charge in [-0.2, -0.15) is 0 Å². The molecule has 5 nitrogen and oxygen atoms in total. The lowest BCUT2D eigenvalue weighted by Crippen LogP contribution is -2.44. The third kappa shape index (κ3) is 6.35. The van der Waals surface area contributed by atoms with Crippen molar-refractivity contribution < 1.29 is 13.5 Å². The fourth-order valence-corrected chi connectivity index (χ4v) is 1.98. The monoisotopic (exact) mass is 308 g/mol. The quantitative estimate of drug-likeness (QED) is 0.788. The van der Waals surface area contributed by atoms with Crippen LogP contribution < -0.4 is 5.73 Å². The highest BCUT2D eigenvalue weighted by Gasteiger charge is 2.21. The molecule has 0 aromatic heterocycles. The van der Waals surface area contributed by atoms with Crippen LogP contribution in [-0.4, -0.2) is 49.8 Å². The van der Waals surface area contributed by atoms with Crippen LogP contribution in [0.3, 0.4) is 0 Å². The van der Waals surface area contributed by atoms with E-state index in [-0.39, 0.29) is 19.0 Å². The van der Waals surface area contributed by atoms with Crippen molar-refractivity contribution in [2.45, 2.75) is 18.6 Å². The van der Waals surface area contributed by atoms with E-state index >= 15 is 0 Å². The zero-order valence-corrected chi connectivity index (χ0v) is 12.7. The fourth-order valence-electron chi connectivity index (χ4n) is 1.56. The summed E-state index contributed by atoms with van der Waals surface area (Å²) in [6.45, 7) is 0.00678. The zero-order valence-electron chi connectivity index (χ0n) is 11.1. The van der Waals surface area contributed by atoms with Gasteiger partial charge in [0.15, 0.2) is 0 Å². The molecule has 110 valence electrons. The van der Waals surface area contributed by atoms with Crippen LogP contribution in [0, 0.1) is 0 Å². The van der Waals surface area contributed by atoms with E-state index in [9.17, 15) is 13.5 Å². The Balaban J connectivity index is 0.00000324. The van der Waals surface area contributed by atoms with Crippen LogP contribution in [0.4, 0.5) is 0 Å². The molecule has 2 atom stereocenters. The Kier molecular flexibility index (Phi) is 7.54. The van der Waals surface area contributed by atoms with Crippen LogP contribution in [0.5, 0.6) is 0 Å². The third-order valence-electron chi connectivity index (χ3n) is 2.82. The van der Waals surface area contributed by atoms with Crippen LogP contribution in [-0.2, 0) is 16.4 Å². The van der Waals surface area contributed by atoms with Gasteiger partial charge in [-0.1, -0.05) is 30.3 Å². The average molecular weight is 309 g/mol. The molecule has 1 aromatic carbocycles. The fraction of sp³-hybridized carbons (Fsp3) is 0.500. The van der Waals surface area contributed by atoms with Gasteiger partial charge in [-0.05, 0) is 12.0 Å². The van der Waals surface area contributed by atoms with Gasteiger partial charge in [0.2, 0.25) is 10.0 Å². The standard InChI is InChI=1S/C12H20N2O3S.ClH/c1-14(18(2,16)17)9-12(15)11(13)8-10-6-4-3-5-7-10;/h3-7,11-12,15H,8-9,13H2,1-2H3;1H/t11-,12+;/m1./s1. The van der Waals surface area contributed by atoms with Crippen LogP contribution in [0.25, 0.3) is 0 Å². The first-order valence-electron chi connectivity index (χ1n) is 5.69. The van der Waals surface area contributed by atoms with Crippen LogP contribution in [0.1, 0.15) is 5.56 Å². The highest BCUT2D eigenvalue weighted by Crippen LogP contribution is 2.06. The first-order valence-corrected chi connectivity index (χ1v) is 7.54. The van der Waals surface area contributed by atoms with Crippen molar-refractivity contribution in [2.24, 2.45) is 5.73 Å². The van der Waals surface area contributed by atoms with Gasteiger partial charge in [-0.15, -0.1) is 12.4 Å². The molecule has 0 heterocycles. The minimum Gasteiger partial charge on any atom is -0.390 e. The van der Waals surface area contributed by atoms with Crippen molar-refractivity contribution in [1.82, 2.24) is 4.31 Å². The molecule has 0 aliphatic carbocycles. The summed E-state index contributed by atoms with van der Waals surface area (Å²) in [7, 11) is -1.86. The summed E-state index contributed by atoms with van der Waals surface area (Å²) in [5.41, 5.74) is 6.89. The summed E-state index contributed by atoms with van der Waals surface area (Å²) in [5.74, 6) is 0. The Morgan fingerprint density at radius 3 is 2.32 bits per heavy atom. The van der Waals surface area contributed by atoms with Gasteiger partial charge in [0.05, 0.1) is 12.4 Å². The lowest BCUT2D eigenvalue weighted by atomic mass is 10.0. The van der Waals surface area contributed by atoms with E-state index in [1.54, 1.807) is 0 Å². The van der Waals surface area contributed by atoms with Gasteiger partial charge in [-0.25, -0.2) is 12.7 Å². The SMILES string of the molecule is CN(C[C@H](O)[C@H](N)Cc1ccccc1)S(C)(=O)=O.Cl. The predicted molar refractivity (Wildman–Crippen MR) is 78.9 cm³/mol. The highest BCUT2D eigenvalue weighted by atomic mass is 35.5. The molecule has 0 radical (unpaired) electrons.